The van der Waals surface area contributed by atoms with Crippen LogP contribution in [-0.4, -0.2) is 23.0 Å². The van der Waals surface area contributed by atoms with Crippen LogP contribution in [0.3, 0.4) is 0 Å². The molecule has 0 saturated heterocycles. The third kappa shape index (κ3) is 10.9. The van der Waals surface area contributed by atoms with Crippen molar-refractivity contribution in [2.45, 2.75) is 0 Å². The fourth-order valence-electron chi connectivity index (χ4n) is 0.167. The molecule has 1 aromatic rings. The van der Waals surface area contributed by atoms with Gasteiger partial charge in [0.2, 0.25) is 0 Å². The first kappa shape index (κ1) is 7.99. The largest absolute Gasteiger partial charge is 0.762 e. The molecule has 0 saturated carbocycles. The van der Waals surface area contributed by atoms with Gasteiger partial charge in [-0.15, -0.1) is 5.10 Å². The molecule has 1 N–H and O–H groups in total. The highest BCUT2D eigenvalue weighted by molar-refractivity contribution is 6.33. The number of hydrogen-bond donors (Lipinski definition) is 1. The Morgan fingerprint density at radius 3 is 2.00 bits per heavy atom. The topological polar surface area (TPSA) is 41.6 Å². The van der Waals surface area contributed by atoms with Crippen molar-refractivity contribution >= 4 is 7.54 Å². The van der Waals surface area contributed by atoms with Crippen molar-refractivity contribution in [3.8, 4) is 0 Å². The van der Waals surface area contributed by atoms with Crippen LogP contribution in [-0.2, 0) is 0 Å². The lowest BCUT2D eigenvalue weighted by Gasteiger charge is -1.55. The van der Waals surface area contributed by atoms with Crippen LogP contribution < -0.4 is 0 Å². The highest BCUT2D eigenvalue weighted by atomic mass is 19.4. The molecule has 1 rings (SSSR count). The standard InChI is InChI=1S/C2H3N3.BF3/c1-2-4-5-3-1;2-1(3)4/h1-2H,(H,3,4,5);. The molecule has 0 aliphatic heterocycles. The van der Waals surface area contributed by atoms with Gasteiger partial charge in [-0.2, -0.15) is 0 Å². The Labute approximate surface area is 49.5 Å². The molecule has 0 fully saturated rings. The van der Waals surface area contributed by atoms with Crippen LogP contribution in [0.15, 0.2) is 12.4 Å². The molecule has 0 atom stereocenters. The first-order chi connectivity index (χ1) is 4.23. The number of hydrogen-bond acceptors (Lipinski definition) is 2. The minimum absolute atomic E-state index is 1.58. The summed E-state index contributed by atoms with van der Waals surface area (Å²) < 4.78 is 29.0. The van der Waals surface area contributed by atoms with Gasteiger partial charge in [0.1, 0.15) is 0 Å². The van der Waals surface area contributed by atoms with E-state index in [9.17, 15) is 12.9 Å². The van der Waals surface area contributed by atoms with E-state index in [4.69, 9.17) is 0 Å². The van der Waals surface area contributed by atoms with Gasteiger partial charge in [0.05, 0.1) is 6.20 Å². The summed E-state index contributed by atoms with van der Waals surface area (Å²) in [7, 11) is -3.67. The maximum atomic E-state index is 9.67. The quantitative estimate of drug-likeness (QED) is 0.534. The summed E-state index contributed by atoms with van der Waals surface area (Å²) in [5.41, 5.74) is 0. The number of nitrogens with one attached hydrogen (secondary N) is 1. The summed E-state index contributed by atoms with van der Waals surface area (Å²) in [5, 5.41) is 9.26. The van der Waals surface area contributed by atoms with E-state index in [2.05, 4.69) is 15.4 Å². The van der Waals surface area contributed by atoms with E-state index >= 15 is 0 Å². The number of halogens is 3. The number of nitrogens with zero attached hydrogens (tertiary/aromatic N) is 2. The second-order valence-electron chi connectivity index (χ2n) is 0.908. The molecule has 7 heteroatoms. The Hall–Kier alpha value is -1.01. The molecule has 0 spiro atoms. The van der Waals surface area contributed by atoms with E-state index in [0.29, 0.717) is 0 Å². The normalized spacial score (nSPS) is 7.44. The summed E-state index contributed by atoms with van der Waals surface area (Å²) >= 11 is 0. The molecule has 1 aromatic heterocycles. The van der Waals surface area contributed by atoms with Gasteiger partial charge >= 0.3 is 7.54 Å². The monoisotopic (exact) mass is 137 g/mol. The molecule has 0 aliphatic carbocycles. The predicted molar refractivity (Wildman–Crippen MR) is 25.5 cm³/mol. The summed E-state index contributed by atoms with van der Waals surface area (Å²) in [5.74, 6) is 0. The summed E-state index contributed by atoms with van der Waals surface area (Å²) in [4.78, 5) is 0. The fourth-order valence-corrected chi connectivity index (χ4v) is 0.167. The zero-order chi connectivity index (χ0) is 7.11. The molecule has 1 heterocycles. The maximum absolute atomic E-state index is 9.67. The molecular formula is C2H3BF3N3. The highest BCUT2D eigenvalue weighted by Gasteiger charge is 2.06. The first-order valence-electron chi connectivity index (χ1n) is 1.96. The Morgan fingerprint density at radius 2 is 1.89 bits per heavy atom. The highest BCUT2D eigenvalue weighted by Crippen LogP contribution is 1.80. The fraction of sp³-hybridized carbons (Fsp3) is 0. The van der Waals surface area contributed by atoms with E-state index in [0.717, 1.165) is 0 Å². The van der Waals surface area contributed by atoms with Gasteiger partial charge in [-0.05, 0) is 0 Å². The Bertz CT molecular complexity index is 101. The third-order valence-electron chi connectivity index (χ3n) is 0.331. The Balaban J connectivity index is 0.000000148. The van der Waals surface area contributed by atoms with Gasteiger partial charge in [-0.25, -0.2) is 0 Å². The van der Waals surface area contributed by atoms with Crippen molar-refractivity contribution in [2.75, 3.05) is 0 Å². The van der Waals surface area contributed by atoms with Gasteiger partial charge in [0.15, 0.2) is 0 Å². The lowest BCUT2D eigenvalue weighted by molar-refractivity contribution is 0.535. The average molecular weight is 137 g/mol. The van der Waals surface area contributed by atoms with E-state index in [-0.39, 0.29) is 0 Å². The van der Waals surface area contributed by atoms with Crippen LogP contribution in [0.25, 0.3) is 0 Å². The summed E-state index contributed by atoms with van der Waals surface area (Å²) in [6, 6.07) is 0. The second-order valence-corrected chi connectivity index (χ2v) is 0.908. The molecular weight excluding hydrogens is 134 g/mol. The van der Waals surface area contributed by atoms with Crippen LogP contribution in [0.2, 0.25) is 0 Å². The first-order valence-corrected chi connectivity index (χ1v) is 1.96. The molecule has 0 radical (unpaired) electrons. The minimum atomic E-state index is -3.67. The zero-order valence-electron chi connectivity index (χ0n) is 4.26. The van der Waals surface area contributed by atoms with Crippen LogP contribution in [0.1, 0.15) is 0 Å². The zero-order valence-corrected chi connectivity index (χ0v) is 4.26. The van der Waals surface area contributed by atoms with Gasteiger partial charge in [-0.3, -0.25) is 18.0 Å². The minimum Gasteiger partial charge on any atom is -0.266 e. The molecule has 3 nitrogen and oxygen atoms in total. The number of rotatable bonds is 0. The van der Waals surface area contributed by atoms with Crippen molar-refractivity contribution in [3.05, 3.63) is 12.4 Å². The predicted octanol–water partition coefficient (Wildman–Crippen LogP) is 0.684. The van der Waals surface area contributed by atoms with Gasteiger partial charge in [-0.1, -0.05) is 5.21 Å². The molecule has 0 aliphatic rings. The summed E-state index contributed by atoms with van der Waals surface area (Å²) in [6.07, 6.45) is 3.24. The lowest BCUT2D eigenvalue weighted by atomic mass is 10.5. The van der Waals surface area contributed by atoms with E-state index in [1.165, 1.54) is 0 Å². The molecule has 0 amide bonds. The van der Waals surface area contributed by atoms with E-state index < -0.39 is 7.54 Å². The third-order valence-corrected chi connectivity index (χ3v) is 0.331. The van der Waals surface area contributed by atoms with Crippen LogP contribution in [0.5, 0.6) is 0 Å². The number of H-pyrrole nitrogens is 1. The smallest absolute Gasteiger partial charge is 0.266 e. The number of aromatic amines is 1. The average Bonchev–Trinajstić information content (AvgIpc) is 2.11. The SMILES string of the molecule is FB(F)F.c1c[nH]nn1. The van der Waals surface area contributed by atoms with Crippen LogP contribution in [0, 0.1) is 0 Å². The molecule has 0 unspecified atom stereocenters. The van der Waals surface area contributed by atoms with E-state index in [1.54, 1.807) is 12.4 Å². The van der Waals surface area contributed by atoms with Crippen molar-refractivity contribution in [2.24, 2.45) is 0 Å². The van der Waals surface area contributed by atoms with Crippen LogP contribution >= 0.6 is 0 Å². The van der Waals surface area contributed by atoms with Crippen molar-refractivity contribution in [3.63, 3.8) is 0 Å². The van der Waals surface area contributed by atoms with Crippen molar-refractivity contribution < 1.29 is 12.9 Å². The molecule has 0 aromatic carbocycles. The van der Waals surface area contributed by atoms with Crippen molar-refractivity contribution in [1.82, 2.24) is 15.4 Å². The van der Waals surface area contributed by atoms with Gasteiger partial charge < -0.3 is 0 Å². The molecule has 9 heavy (non-hydrogen) atoms. The Kier molecular flexibility index (Phi) is 4.56. The number of aromatic nitrogens is 3. The Morgan fingerprint density at radius 1 is 1.33 bits per heavy atom. The van der Waals surface area contributed by atoms with Crippen molar-refractivity contribution in [1.29, 1.82) is 0 Å². The van der Waals surface area contributed by atoms with Gasteiger partial charge in [0, 0.05) is 6.20 Å². The lowest BCUT2D eigenvalue weighted by Crippen LogP contribution is -1.76. The summed E-state index contributed by atoms with van der Waals surface area (Å²) in [6.45, 7) is 0. The van der Waals surface area contributed by atoms with Gasteiger partial charge in [0.25, 0.3) is 0 Å². The molecule has 50 valence electrons. The molecule has 0 bridgehead atoms. The second kappa shape index (κ2) is 5.14. The van der Waals surface area contributed by atoms with Crippen LogP contribution in [0.4, 0.5) is 12.9 Å². The maximum Gasteiger partial charge on any atom is 0.762 e. The van der Waals surface area contributed by atoms with E-state index in [1.807, 2.05) is 0 Å².